The van der Waals surface area contributed by atoms with Crippen LogP contribution in [0, 0.1) is 5.82 Å². The summed E-state index contributed by atoms with van der Waals surface area (Å²) in [5.74, 6) is 0.211. The number of carbonyl (C=O) groups excluding carboxylic acids is 1. The van der Waals surface area contributed by atoms with Gasteiger partial charge in [-0.3, -0.25) is 9.20 Å². The molecule has 3 rings (SSSR count). The first-order valence-corrected chi connectivity index (χ1v) is 12.9. The highest BCUT2D eigenvalue weighted by Crippen LogP contribution is 2.36. The van der Waals surface area contributed by atoms with Gasteiger partial charge in [-0.1, -0.05) is 27.2 Å². The Hall–Kier alpha value is -1.84. The van der Waals surface area contributed by atoms with E-state index in [1.54, 1.807) is 12.1 Å². The van der Waals surface area contributed by atoms with Crippen LogP contribution in [0.3, 0.4) is 0 Å². The highest BCUT2D eigenvalue weighted by Gasteiger charge is 2.23. The maximum Gasteiger partial charge on any atom is 0.234 e. The van der Waals surface area contributed by atoms with Gasteiger partial charge in [0.05, 0.1) is 33.6 Å². The predicted octanol–water partition coefficient (Wildman–Crippen LogP) is 6.08. The molecule has 0 radical (unpaired) electrons. The number of fused-ring (bicyclic) bond motifs is 1. The Bertz CT molecular complexity index is 1090. The van der Waals surface area contributed by atoms with Crippen LogP contribution in [0.25, 0.3) is 5.78 Å². The van der Waals surface area contributed by atoms with Gasteiger partial charge in [0.15, 0.2) is 5.82 Å². The summed E-state index contributed by atoms with van der Waals surface area (Å²) < 4.78 is 22.7. The predicted molar refractivity (Wildman–Crippen MR) is 135 cm³/mol. The Morgan fingerprint density at radius 3 is 2.48 bits per heavy atom. The summed E-state index contributed by atoms with van der Waals surface area (Å²) in [4.78, 5) is 24.4. The number of ether oxygens (including phenoxy) is 1. The van der Waals surface area contributed by atoms with Gasteiger partial charge in [-0.05, 0) is 76.3 Å². The first kappa shape index (κ1) is 25.8. The van der Waals surface area contributed by atoms with Crippen molar-refractivity contribution in [3.63, 3.8) is 0 Å². The maximum atomic E-state index is 13.9. The van der Waals surface area contributed by atoms with Gasteiger partial charge in [0.2, 0.25) is 11.6 Å². The van der Waals surface area contributed by atoms with Gasteiger partial charge in [0.1, 0.15) is 11.4 Å². The van der Waals surface area contributed by atoms with Crippen LogP contribution in [-0.4, -0.2) is 51.3 Å². The zero-order chi connectivity index (χ0) is 24.0. The lowest BCUT2D eigenvalue weighted by Crippen LogP contribution is -2.25. The summed E-state index contributed by atoms with van der Waals surface area (Å²) in [7, 11) is 0. The van der Waals surface area contributed by atoms with Crippen LogP contribution in [0.5, 0.6) is 5.75 Å². The molecule has 0 atom stereocenters. The van der Waals surface area contributed by atoms with Gasteiger partial charge < -0.3 is 9.64 Å². The summed E-state index contributed by atoms with van der Waals surface area (Å²) in [6, 6.07) is 3.48. The number of aryl methyl sites for hydroxylation is 1. The second kappa shape index (κ2) is 12.0. The third kappa shape index (κ3) is 6.19. The molecule has 9 heteroatoms. The van der Waals surface area contributed by atoms with Gasteiger partial charge in [-0.2, -0.15) is 0 Å². The largest absolute Gasteiger partial charge is 0.491 e. The van der Waals surface area contributed by atoms with E-state index in [1.807, 2.05) is 0 Å². The zero-order valence-electron chi connectivity index (χ0n) is 19.2. The van der Waals surface area contributed by atoms with E-state index in [1.165, 1.54) is 10.6 Å². The molecule has 178 valence electrons. The van der Waals surface area contributed by atoms with Crippen molar-refractivity contribution in [1.82, 2.24) is 19.3 Å². The number of halogens is 3. The molecule has 1 aromatic carbocycles. The molecule has 0 aliphatic heterocycles. The minimum atomic E-state index is -0.521. The number of hydrogen-bond acceptors (Lipinski definition) is 5. The number of imidazole rings is 1. The summed E-state index contributed by atoms with van der Waals surface area (Å²) >= 11 is 7.09. The van der Waals surface area contributed by atoms with Crippen LogP contribution >= 0.6 is 31.9 Å². The summed E-state index contributed by atoms with van der Waals surface area (Å²) in [6.45, 7) is 9.94. The van der Waals surface area contributed by atoms with Crippen LogP contribution in [0.2, 0.25) is 0 Å². The van der Waals surface area contributed by atoms with Crippen molar-refractivity contribution in [2.75, 3.05) is 26.2 Å². The molecule has 0 fully saturated rings. The molecule has 0 N–H and O–H groups in total. The van der Waals surface area contributed by atoms with Gasteiger partial charge in [0.25, 0.3) is 0 Å². The molecule has 0 bridgehead atoms. The topological polar surface area (TPSA) is 59.7 Å². The van der Waals surface area contributed by atoms with Crippen molar-refractivity contribution in [2.45, 2.75) is 46.5 Å². The number of unbranched alkanes of at least 4 members (excludes halogenated alkanes) is 1. The van der Waals surface area contributed by atoms with Crippen LogP contribution in [0.1, 0.15) is 61.8 Å². The van der Waals surface area contributed by atoms with Crippen LogP contribution in [0.4, 0.5) is 4.39 Å². The first-order valence-electron chi connectivity index (χ1n) is 11.3. The smallest absolute Gasteiger partial charge is 0.234 e. The van der Waals surface area contributed by atoms with E-state index in [0.29, 0.717) is 50.5 Å². The summed E-state index contributed by atoms with van der Waals surface area (Å²) in [5, 5.41) is 0. The molecule has 33 heavy (non-hydrogen) atoms. The second-order valence-corrected chi connectivity index (χ2v) is 9.49. The van der Waals surface area contributed by atoms with E-state index in [4.69, 9.17) is 4.74 Å². The van der Waals surface area contributed by atoms with E-state index in [-0.39, 0.29) is 5.78 Å². The number of carbonyl (C=O) groups is 1. The molecule has 6 nitrogen and oxygen atoms in total. The van der Waals surface area contributed by atoms with Crippen molar-refractivity contribution in [2.24, 2.45) is 0 Å². The van der Waals surface area contributed by atoms with E-state index in [0.717, 1.165) is 45.1 Å². The number of nitrogens with zero attached hydrogens (tertiary/aromatic N) is 4. The minimum Gasteiger partial charge on any atom is -0.491 e. The molecule has 0 aliphatic rings. The molecular formula is C24H29Br2FN4O2. The Labute approximate surface area is 210 Å². The number of aromatic nitrogens is 3. The number of hydrogen-bond donors (Lipinski definition) is 0. The summed E-state index contributed by atoms with van der Waals surface area (Å²) in [5.41, 5.74) is 1.43. The highest BCUT2D eigenvalue weighted by atomic mass is 79.9. The molecule has 0 aliphatic carbocycles. The number of ketones is 1. The van der Waals surface area contributed by atoms with Gasteiger partial charge in [0, 0.05) is 12.1 Å². The lowest BCUT2D eigenvalue weighted by molar-refractivity contribution is 0.103. The average Bonchev–Trinajstić information content (AvgIpc) is 3.15. The molecule has 2 aromatic heterocycles. The third-order valence-corrected chi connectivity index (χ3v) is 6.70. The highest BCUT2D eigenvalue weighted by molar-refractivity contribution is 9.11. The fourth-order valence-corrected chi connectivity index (χ4v) is 5.10. The van der Waals surface area contributed by atoms with Crippen molar-refractivity contribution in [3.05, 3.63) is 56.2 Å². The molecule has 3 aromatic rings. The third-order valence-electron chi connectivity index (χ3n) is 5.52. The van der Waals surface area contributed by atoms with Crippen LogP contribution in [0.15, 0.2) is 33.5 Å². The number of rotatable bonds is 12. The molecule has 2 heterocycles. The zero-order valence-corrected chi connectivity index (χ0v) is 22.4. The maximum absolute atomic E-state index is 13.9. The number of benzene rings is 1. The monoisotopic (exact) mass is 582 g/mol. The molecule has 0 saturated carbocycles. The molecule has 0 unspecified atom stereocenters. The normalized spacial score (nSPS) is 11.5. The average molecular weight is 584 g/mol. The quantitative estimate of drug-likeness (QED) is 0.191. The standard InChI is InChI=1S/C24H29Br2FN4O2/c1-4-7-9-20-21(31-15-17(27)14-28-24(31)29-20)22(32)16-12-18(25)23(19(26)13-16)33-11-8-10-30(5-2)6-3/h12-15H,4-11H2,1-3H3. The lowest BCUT2D eigenvalue weighted by atomic mass is 10.0. The van der Waals surface area contributed by atoms with Crippen LogP contribution in [-0.2, 0) is 6.42 Å². The lowest BCUT2D eigenvalue weighted by Gasteiger charge is -2.18. The molecule has 0 amide bonds. The fourth-order valence-electron chi connectivity index (χ4n) is 3.68. The Kier molecular flexibility index (Phi) is 9.40. The summed E-state index contributed by atoms with van der Waals surface area (Å²) in [6.07, 6.45) is 5.73. The van der Waals surface area contributed by atoms with E-state index in [9.17, 15) is 9.18 Å². The Morgan fingerprint density at radius 1 is 1.15 bits per heavy atom. The van der Waals surface area contributed by atoms with E-state index >= 15 is 0 Å². The van der Waals surface area contributed by atoms with Crippen molar-refractivity contribution in [1.29, 1.82) is 0 Å². The Balaban J connectivity index is 1.86. The Morgan fingerprint density at radius 2 is 1.85 bits per heavy atom. The van der Waals surface area contributed by atoms with Crippen LogP contribution < -0.4 is 4.74 Å². The first-order chi connectivity index (χ1) is 15.9. The van der Waals surface area contributed by atoms with Crippen molar-refractivity contribution >= 4 is 43.4 Å². The van der Waals surface area contributed by atoms with E-state index in [2.05, 4.69) is 67.5 Å². The van der Waals surface area contributed by atoms with Gasteiger partial charge in [-0.25, -0.2) is 14.4 Å². The molecular weight excluding hydrogens is 555 g/mol. The van der Waals surface area contributed by atoms with Gasteiger partial charge in [-0.15, -0.1) is 0 Å². The SMILES string of the molecule is CCCCc1nc2ncc(F)cn2c1C(=O)c1cc(Br)c(OCCCN(CC)CC)c(Br)c1. The molecule has 0 saturated heterocycles. The second-order valence-electron chi connectivity index (χ2n) is 7.78. The van der Waals surface area contributed by atoms with E-state index < -0.39 is 5.82 Å². The van der Waals surface area contributed by atoms with Crippen molar-refractivity contribution in [3.8, 4) is 5.75 Å². The minimum absolute atomic E-state index is 0.240. The molecule has 0 spiro atoms. The van der Waals surface area contributed by atoms with Crippen molar-refractivity contribution < 1.29 is 13.9 Å². The fraction of sp³-hybridized carbons (Fsp3) is 0.458. The van der Waals surface area contributed by atoms with Gasteiger partial charge >= 0.3 is 0 Å².